The average molecular weight is 291 g/mol. The summed E-state index contributed by atoms with van der Waals surface area (Å²) in [5, 5.41) is 0. The molecule has 0 radical (unpaired) electrons. The molecule has 0 aliphatic heterocycles. The standard InChI is InChI=1S/C11H15NS2.Zn/c1-2-3-4-9-5-7-10(8-6-9)14-11(12)13;/h5-8H,2-4H2,1H3,(H2,12,13);. The largest absolute Gasteiger partial charge is 0.384 e. The Bertz CT molecular complexity index is 298. The van der Waals surface area contributed by atoms with Gasteiger partial charge in [0.2, 0.25) is 0 Å². The van der Waals surface area contributed by atoms with Crippen LogP contribution >= 0.6 is 24.0 Å². The number of benzene rings is 1. The van der Waals surface area contributed by atoms with Gasteiger partial charge in [-0.2, -0.15) is 0 Å². The van der Waals surface area contributed by atoms with Gasteiger partial charge in [-0.05, 0) is 30.5 Å². The second-order valence-electron chi connectivity index (χ2n) is 3.17. The predicted octanol–water partition coefficient (Wildman–Crippen LogP) is 3.36. The van der Waals surface area contributed by atoms with E-state index < -0.39 is 0 Å². The van der Waals surface area contributed by atoms with Crippen molar-refractivity contribution in [3.8, 4) is 0 Å². The Labute approximate surface area is 114 Å². The van der Waals surface area contributed by atoms with Crippen LogP contribution < -0.4 is 5.73 Å². The number of unbranched alkanes of at least 4 members (excludes halogenated alkanes) is 1. The molecule has 0 aliphatic rings. The third kappa shape index (κ3) is 6.29. The average Bonchev–Trinajstić information content (AvgIpc) is 2.16. The summed E-state index contributed by atoms with van der Waals surface area (Å²) in [6.07, 6.45) is 3.65. The summed E-state index contributed by atoms with van der Waals surface area (Å²) in [6, 6.07) is 8.45. The summed E-state index contributed by atoms with van der Waals surface area (Å²) >= 11 is 6.26. The molecule has 15 heavy (non-hydrogen) atoms. The maximum Gasteiger partial charge on any atom is 0.135 e. The number of hydrogen-bond acceptors (Lipinski definition) is 2. The molecule has 0 unspecified atom stereocenters. The van der Waals surface area contributed by atoms with E-state index in [1.807, 2.05) is 0 Å². The third-order valence-electron chi connectivity index (χ3n) is 1.96. The number of thiocarbonyl (C=S) groups is 1. The van der Waals surface area contributed by atoms with Crippen LogP contribution in [-0.4, -0.2) is 4.32 Å². The van der Waals surface area contributed by atoms with Crippen LogP contribution in [0.3, 0.4) is 0 Å². The molecular formula is C11H15NS2Zn. The van der Waals surface area contributed by atoms with Crippen LogP contribution in [0.2, 0.25) is 0 Å². The minimum atomic E-state index is 0. The van der Waals surface area contributed by atoms with Crippen molar-refractivity contribution in [3.63, 3.8) is 0 Å². The number of aryl methyl sites for hydroxylation is 1. The predicted molar refractivity (Wildman–Crippen MR) is 67.7 cm³/mol. The van der Waals surface area contributed by atoms with Crippen LogP contribution in [-0.2, 0) is 25.9 Å². The molecule has 0 bridgehead atoms. The minimum Gasteiger partial charge on any atom is -0.384 e. The molecule has 4 heteroatoms. The van der Waals surface area contributed by atoms with Crippen LogP contribution in [0.1, 0.15) is 25.3 Å². The van der Waals surface area contributed by atoms with Gasteiger partial charge in [0.15, 0.2) is 0 Å². The Morgan fingerprint density at radius 1 is 1.33 bits per heavy atom. The molecule has 0 saturated heterocycles. The fourth-order valence-electron chi connectivity index (χ4n) is 1.22. The molecule has 2 N–H and O–H groups in total. The van der Waals surface area contributed by atoms with Crippen LogP contribution in [0.4, 0.5) is 0 Å². The summed E-state index contributed by atoms with van der Waals surface area (Å²) < 4.78 is 0.478. The molecule has 0 spiro atoms. The van der Waals surface area contributed by atoms with E-state index >= 15 is 0 Å². The molecule has 78 valence electrons. The van der Waals surface area contributed by atoms with Crippen molar-refractivity contribution in [2.24, 2.45) is 5.73 Å². The van der Waals surface area contributed by atoms with Gasteiger partial charge in [-0.1, -0.05) is 49.5 Å². The molecular weight excluding hydrogens is 276 g/mol. The van der Waals surface area contributed by atoms with Gasteiger partial charge >= 0.3 is 0 Å². The van der Waals surface area contributed by atoms with E-state index in [1.165, 1.54) is 30.2 Å². The SMILES string of the molecule is CCCCc1ccc(SC(N)=S)cc1.[Zn]. The fraction of sp³-hybridized carbons (Fsp3) is 0.364. The molecule has 0 saturated carbocycles. The van der Waals surface area contributed by atoms with Crippen LogP contribution in [0.25, 0.3) is 0 Å². The molecule has 1 nitrogen and oxygen atoms in total. The van der Waals surface area contributed by atoms with E-state index in [-0.39, 0.29) is 19.5 Å². The number of rotatable bonds is 4. The second kappa shape index (κ2) is 8.26. The van der Waals surface area contributed by atoms with E-state index in [2.05, 4.69) is 31.2 Å². The van der Waals surface area contributed by atoms with E-state index in [0.717, 1.165) is 11.3 Å². The van der Waals surface area contributed by atoms with E-state index in [9.17, 15) is 0 Å². The summed E-state index contributed by atoms with van der Waals surface area (Å²) in [5.41, 5.74) is 6.83. The Kier molecular flexibility index (Phi) is 8.31. The van der Waals surface area contributed by atoms with Gasteiger partial charge in [0.05, 0.1) is 0 Å². The van der Waals surface area contributed by atoms with Crippen molar-refractivity contribution in [1.29, 1.82) is 0 Å². The van der Waals surface area contributed by atoms with Crippen molar-refractivity contribution in [2.45, 2.75) is 31.1 Å². The normalized spacial score (nSPS) is 9.40. The van der Waals surface area contributed by atoms with Gasteiger partial charge in [0, 0.05) is 24.4 Å². The Morgan fingerprint density at radius 2 is 1.93 bits per heavy atom. The maximum absolute atomic E-state index is 5.44. The third-order valence-corrected chi connectivity index (χ3v) is 2.92. The monoisotopic (exact) mass is 289 g/mol. The number of nitrogens with two attached hydrogens (primary N) is 1. The van der Waals surface area contributed by atoms with Crippen molar-refractivity contribution in [2.75, 3.05) is 0 Å². The maximum atomic E-state index is 5.44. The first-order chi connectivity index (χ1) is 6.72. The molecule has 0 aromatic heterocycles. The first kappa shape index (κ1) is 15.1. The molecule has 0 amide bonds. The van der Waals surface area contributed by atoms with Crippen molar-refractivity contribution in [1.82, 2.24) is 0 Å². The minimum absolute atomic E-state index is 0. The first-order valence-electron chi connectivity index (χ1n) is 4.78. The van der Waals surface area contributed by atoms with E-state index in [4.69, 9.17) is 18.0 Å². The molecule has 1 aromatic carbocycles. The summed E-state index contributed by atoms with van der Waals surface area (Å²) in [5.74, 6) is 0. The smallest absolute Gasteiger partial charge is 0.135 e. The number of thioether (sulfide) groups is 1. The Balaban J connectivity index is 0.00000196. The quantitative estimate of drug-likeness (QED) is 0.523. The van der Waals surface area contributed by atoms with Gasteiger partial charge < -0.3 is 5.73 Å². The van der Waals surface area contributed by atoms with Gasteiger partial charge in [-0.25, -0.2) is 0 Å². The summed E-state index contributed by atoms with van der Waals surface area (Å²) in [4.78, 5) is 1.12. The van der Waals surface area contributed by atoms with E-state index in [0.29, 0.717) is 4.32 Å². The first-order valence-corrected chi connectivity index (χ1v) is 6.01. The zero-order valence-electron chi connectivity index (χ0n) is 9.03. The zero-order chi connectivity index (χ0) is 10.4. The fourth-order valence-corrected chi connectivity index (χ4v) is 2.01. The van der Waals surface area contributed by atoms with Crippen molar-refractivity contribution in [3.05, 3.63) is 29.8 Å². The topological polar surface area (TPSA) is 26.0 Å². The summed E-state index contributed by atoms with van der Waals surface area (Å²) in [7, 11) is 0. The van der Waals surface area contributed by atoms with Gasteiger partial charge in [0.1, 0.15) is 4.32 Å². The van der Waals surface area contributed by atoms with Gasteiger partial charge in [-0.3, -0.25) is 0 Å². The molecule has 1 rings (SSSR count). The zero-order valence-corrected chi connectivity index (χ0v) is 13.6. The van der Waals surface area contributed by atoms with Crippen molar-refractivity contribution >= 4 is 28.3 Å². The molecule has 0 aliphatic carbocycles. The second-order valence-corrected chi connectivity index (χ2v) is 4.98. The molecule has 1 aromatic rings. The summed E-state index contributed by atoms with van der Waals surface area (Å²) in [6.45, 7) is 2.21. The Hall–Kier alpha value is 0.0834. The van der Waals surface area contributed by atoms with E-state index in [1.54, 1.807) is 0 Å². The number of hydrogen-bond donors (Lipinski definition) is 1. The van der Waals surface area contributed by atoms with Crippen LogP contribution in [0.5, 0.6) is 0 Å². The van der Waals surface area contributed by atoms with Gasteiger partial charge in [0.25, 0.3) is 0 Å². The Morgan fingerprint density at radius 3 is 2.40 bits per heavy atom. The molecule has 0 atom stereocenters. The molecule has 0 heterocycles. The van der Waals surface area contributed by atoms with Crippen LogP contribution in [0, 0.1) is 0 Å². The van der Waals surface area contributed by atoms with Gasteiger partial charge in [-0.15, -0.1) is 0 Å². The van der Waals surface area contributed by atoms with Crippen LogP contribution in [0.15, 0.2) is 29.2 Å². The van der Waals surface area contributed by atoms with Crippen molar-refractivity contribution < 1.29 is 19.5 Å². The molecule has 0 fully saturated rings.